The van der Waals surface area contributed by atoms with E-state index in [2.05, 4.69) is 5.32 Å². The standard InChI is InChI=1S/C14H19NO3/c1-3-9-15-14(17)10-18-12-7-5-11(6-8-12)13(16)4-2/h5-8H,3-4,9-10H2,1-2H3,(H,15,17). The number of hydrogen-bond donors (Lipinski definition) is 1. The predicted molar refractivity (Wildman–Crippen MR) is 69.9 cm³/mol. The van der Waals surface area contributed by atoms with Crippen LogP contribution in [-0.2, 0) is 4.79 Å². The highest BCUT2D eigenvalue weighted by molar-refractivity contribution is 5.95. The summed E-state index contributed by atoms with van der Waals surface area (Å²) in [6, 6.07) is 6.84. The van der Waals surface area contributed by atoms with Gasteiger partial charge in [0.15, 0.2) is 12.4 Å². The SMILES string of the molecule is CCCNC(=O)COc1ccc(C(=O)CC)cc1. The number of amides is 1. The van der Waals surface area contributed by atoms with Crippen LogP contribution >= 0.6 is 0 Å². The molecule has 18 heavy (non-hydrogen) atoms. The lowest BCUT2D eigenvalue weighted by atomic mass is 10.1. The van der Waals surface area contributed by atoms with Gasteiger partial charge >= 0.3 is 0 Å². The van der Waals surface area contributed by atoms with Gasteiger partial charge in [-0.15, -0.1) is 0 Å². The number of nitrogens with one attached hydrogen (secondary N) is 1. The fourth-order valence-corrected chi connectivity index (χ4v) is 1.41. The molecule has 1 N–H and O–H groups in total. The second-order valence-electron chi connectivity index (χ2n) is 3.94. The van der Waals surface area contributed by atoms with Crippen LogP contribution in [0, 0.1) is 0 Å². The van der Waals surface area contributed by atoms with Crippen molar-refractivity contribution in [1.82, 2.24) is 5.32 Å². The van der Waals surface area contributed by atoms with Crippen LogP contribution in [0.2, 0.25) is 0 Å². The Morgan fingerprint density at radius 1 is 1.17 bits per heavy atom. The van der Waals surface area contributed by atoms with Gasteiger partial charge in [0.05, 0.1) is 0 Å². The minimum absolute atomic E-state index is 0.00106. The molecule has 0 fully saturated rings. The zero-order valence-electron chi connectivity index (χ0n) is 10.9. The molecule has 0 radical (unpaired) electrons. The third-order valence-corrected chi connectivity index (χ3v) is 2.44. The van der Waals surface area contributed by atoms with Gasteiger partial charge in [0, 0.05) is 18.5 Å². The molecule has 0 aromatic heterocycles. The number of ketones is 1. The minimum Gasteiger partial charge on any atom is -0.484 e. The van der Waals surface area contributed by atoms with Crippen molar-refractivity contribution in [3.8, 4) is 5.75 Å². The molecule has 98 valence electrons. The van der Waals surface area contributed by atoms with Crippen molar-refractivity contribution in [3.63, 3.8) is 0 Å². The zero-order chi connectivity index (χ0) is 13.4. The van der Waals surface area contributed by atoms with Gasteiger partial charge in [0.25, 0.3) is 5.91 Å². The molecule has 0 aliphatic carbocycles. The van der Waals surface area contributed by atoms with E-state index in [4.69, 9.17) is 4.74 Å². The van der Waals surface area contributed by atoms with E-state index in [1.807, 2.05) is 13.8 Å². The van der Waals surface area contributed by atoms with E-state index >= 15 is 0 Å². The quantitative estimate of drug-likeness (QED) is 0.754. The average molecular weight is 249 g/mol. The molecule has 1 amide bonds. The molecule has 0 spiro atoms. The Labute approximate surface area is 107 Å². The van der Waals surface area contributed by atoms with Gasteiger partial charge < -0.3 is 10.1 Å². The molecule has 1 aromatic rings. The van der Waals surface area contributed by atoms with Crippen LogP contribution in [0.15, 0.2) is 24.3 Å². The van der Waals surface area contributed by atoms with Crippen LogP contribution in [0.25, 0.3) is 0 Å². The average Bonchev–Trinajstić information content (AvgIpc) is 2.42. The Balaban J connectivity index is 2.44. The van der Waals surface area contributed by atoms with Crippen molar-refractivity contribution in [3.05, 3.63) is 29.8 Å². The summed E-state index contributed by atoms with van der Waals surface area (Å²) in [5.74, 6) is 0.558. The Morgan fingerprint density at radius 3 is 2.39 bits per heavy atom. The Kier molecular flexibility index (Phi) is 5.91. The monoisotopic (exact) mass is 249 g/mol. The molecule has 4 nitrogen and oxygen atoms in total. The maximum atomic E-state index is 11.4. The van der Waals surface area contributed by atoms with Crippen LogP contribution < -0.4 is 10.1 Å². The van der Waals surface area contributed by atoms with E-state index < -0.39 is 0 Å². The molecule has 0 heterocycles. The van der Waals surface area contributed by atoms with Crippen molar-refractivity contribution in [2.24, 2.45) is 0 Å². The van der Waals surface area contributed by atoms with Gasteiger partial charge in [-0.2, -0.15) is 0 Å². The summed E-state index contributed by atoms with van der Waals surface area (Å²) in [6.07, 6.45) is 1.39. The first kappa shape index (κ1) is 14.2. The normalized spacial score (nSPS) is 9.89. The largest absolute Gasteiger partial charge is 0.484 e. The van der Waals surface area contributed by atoms with Gasteiger partial charge in [-0.05, 0) is 30.7 Å². The third-order valence-electron chi connectivity index (χ3n) is 2.44. The summed E-state index contributed by atoms with van der Waals surface area (Å²) in [5.41, 5.74) is 0.667. The summed E-state index contributed by atoms with van der Waals surface area (Å²) < 4.78 is 5.31. The van der Waals surface area contributed by atoms with E-state index in [1.54, 1.807) is 24.3 Å². The van der Waals surface area contributed by atoms with Gasteiger partial charge in [-0.1, -0.05) is 13.8 Å². The highest BCUT2D eigenvalue weighted by atomic mass is 16.5. The first-order valence-electron chi connectivity index (χ1n) is 6.20. The van der Waals surface area contributed by atoms with Crippen molar-refractivity contribution < 1.29 is 14.3 Å². The highest BCUT2D eigenvalue weighted by Gasteiger charge is 2.04. The number of ether oxygens (including phenoxy) is 1. The molecule has 1 aromatic carbocycles. The summed E-state index contributed by atoms with van der Waals surface area (Å²) in [5, 5.41) is 2.72. The first-order valence-corrected chi connectivity index (χ1v) is 6.20. The molecular formula is C14H19NO3. The second kappa shape index (κ2) is 7.48. The number of benzene rings is 1. The Hall–Kier alpha value is -1.84. The Bertz CT molecular complexity index is 398. The lowest BCUT2D eigenvalue weighted by Gasteiger charge is -2.07. The Morgan fingerprint density at radius 2 is 1.83 bits per heavy atom. The molecule has 0 aliphatic heterocycles. The molecule has 0 saturated heterocycles. The van der Waals surface area contributed by atoms with Gasteiger partial charge in [0.1, 0.15) is 5.75 Å². The molecular weight excluding hydrogens is 230 g/mol. The summed E-state index contributed by atoms with van der Waals surface area (Å²) in [7, 11) is 0. The topological polar surface area (TPSA) is 55.4 Å². The maximum Gasteiger partial charge on any atom is 0.257 e. The minimum atomic E-state index is -0.134. The molecule has 0 aliphatic rings. The van der Waals surface area contributed by atoms with Crippen molar-refractivity contribution in [2.45, 2.75) is 26.7 Å². The van der Waals surface area contributed by atoms with Crippen molar-refractivity contribution >= 4 is 11.7 Å². The van der Waals surface area contributed by atoms with Crippen LogP contribution in [-0.4, -0.2) is 24.8 Å². The molecule has 0 unspecified atom stereocenters. The molecule has 4 heteroatoms. The number of carbonyl (C=O) groups excluding carboxylic acids is 2. The van der Waals surface area contributed by atoms with E-state index in [1.165, 1.54) is 0 Å². The molecule has 0 saturated carbocycles. The first-order chi connectivity index (χ1) is 8.67. The fourth-order valence-electron chi connectivity index (χ4n) is 1.41. The molecule has 1 rings (SSSR count). The second-order valence-corrected chi connectivity index (χ2v) is 3.94. The smallest absolute Gasteiger partial charge is 0.257 e. The number of rotatable bonds is 7. The third kappa shape index (κ3) is 4.57. The van der Waals surface area contributed by atoms with E-state index in [9.17, 15) is 9.59 Å². The summed E-state index contributed by atoms with van der Waals surface area (Å²) in [6.45, 7) is 4.47. The zero-order valence-corrected chi connectivity index (χ0v) is 10.9. The van der Waals surface area contributed by atoms with Gasteiger partial charge in [-0.25, -0.2) is 0 Å². The molecule has 0 atom stereocenters. The highest BCUT2D eigenvalue weighted by Crippen LogP contribution is 2.13. The number of carbonyl (C=O) groups is 2. The number of Topliss-reactive ketones (excluding diaryl/α,β-unsaturated/α-hetero) is 1. The lowest BCUT2D eigenvalue weighted by Crippen LogP contribution is -2.29. The maximum absolute atomic E-state index is 11.4. The molecule has 0 bridgehead atoms. The van der Waals surface area contributed by atoms with Crippen molar-refractivity contribution in [1.29, 1.82) is 0 Å². The van der Waals surface area contributed by atoms with E-state index in [-0.39, 0.29) is 18.3 Å². The van der Waals surface area contributed by atoms with Crippen LogP contribution in [0.4, 0.5) is 0 Å². The fraction of sp³-hybridized carbons (Fsp3) is 0.429. The van der Waals surface area contributed by atoms with Gasteiger partial charge in [-0.3, -0.25) is 9.59 Å². The number of hydrogen-bond acceptors (Lipinski definition) is 3. The van der Waals surface area contributed by atoms with E-state index in [0.717, 1.165) is 6.42 Å². The lowest BCUT2D eigenvalue weighted by molar-refractivity contribution is -0.123. The van der Waals surface area contributed by atoms with Crippen LogP contribution in [0.3, 0.4) is 0 Å². The van der Waals surface area contributed by atoms with Crippen LogP contribution in [0.1, 0.15) is 37.0 Å². The summed E-state index contributed by atoms with van der Waals surface area (Å²) in [4.78, 5) is 22.7. The van der Waals surface area contributed by atoms with Crippen molar-refractivity contribution in [2.75, 3.05) is 13.2 Å². The van der Waals surface area contributed by atoms with Crippen LogP contribution in [0.5, 0.6) is 5.75 Å². The van der Waals surface area contributed by atoms with E-state index in [0.29, 0.717) is 24.3 Å². The predicted octanol–water partition coefficient (Wildman–Crippen LogP) is 2.18. The summed E-state index contributed by atoms with van der Waals surface area (Å²) >= 11 is 0. The van der Waals surface area contributed by atoms with Gasteiger partial charge in [0.2, 0.25) is 0 Å².